The van der Waals surface area contributed by atoms with E-state index in [-0.39, 0.29) is 18.4 Å². The number of aryl methyl sites for hydroxylation is 1. The lowest BCUT2D eigenvalue weighted by atomic mass is 10.2. The zero-order valence-electron chi connectivity index (χ0n) is 19.2. The summed E-state index contributed by atoms with van der Waals surface area (Å²) >= 11 is 5.86. The van der Waals surface area contributed by atoms with Gasteiger partial charge in [-0.25, -0.2) is 0 Å². The minimum Gasteiger partial charge on any atom is -0.484 e. The maximum Gasteiger partial charge on any atom is 0.267 e. The summed E-state index contributed by atoms with van der Waals surface area (Å²) in [7, 11) is 0. The monoisotopic (exact) mass is 484 g/mol. The molecule has 34 heavy (non-hydrogen) atoms. The second-order valence-corrected chi connectivity index (χ2v) is 8.48. The number of carbonyl (C=O) groups is 2. The molecule has 0 saturated carbocycles. The minimum atomic E-state index is -0.273. The van der Waals surface area contributed by atoms with E-state index in [9.17, 15) is 9.59 Å². The summed E-state index contributed by atoms with van der Waals surface area (Å²) < 4.78 is 12.8. The lowest BCUT2D eigenvalue weighted by Crippen LogP contribution is -2.41. The number of halogens is 1. The van der Waals surface area contributed by atoms with Crippen LogP contribution in [0.3, 0.4) is 0 Å². The van der Waals surface area contributed by atoms with E-state index in [4.69, 9.17) is 21.1 Å². The van der Waals surface area contributed by atoms with E-state index < -0.39 is 0 Å². The van der Waals surface area contributed by atoms with Crippen molar-refractivity contribution >= 4 is 40.0 Å². The number of carbonyl (C=O) groups excluding carboxylic acids is 2. The summed E-state index contributed by atoms with van der Waals surface area (Å²) in [4.78, 5) is 27.5. The Bertz CT molecular complexity index is 1140. The van der Waals surface area contributed by atoms with Crippen molar-refractivity contribution in [2.75, 3.05) is 51.3 Å². The highest BCUT2D eigenvalue weighted by Gasteiger charge is 2.16. The first-order valence-corrected chi connectivity index (χ1v) is 11.8. The van der Waals surface area contributed by atoms with Crippen LogP contribution >= 0.6 is 11.6 Å². The molecular formula is C25H29ClN4O4. The number of anilines is 1. The number of aromatic nitrogens is 1. The number of amides is 2. The second kappa shape index (κ2) is 11.4. The van der Waals surface area contributed by atoms with Gasteiger partial charge in [0.2, 0.25) is 0 Å². The molecule has 0 unspecified atom stereocenters. The SMILES string of the molecule is CCn1c(C(=O)NCCN2CCOCC2)cc2cc(NC(=O)COc3ccc(Cl)cc3)ccc21. The molecule has 1 saturated heterocycles. The Morgan fingerprint density at radius 3 is 2.59 bits per heavy atom. The van der Waals surface area contributed by atoms with Gasteiger partial charge in [0.1, 0.15) is 11.4 Å². The van der Waals surface area contributed by atoms with Gasteiger partial charge in [0.15, 0.2) is 6.61 Å². The van der Waals surface area contributed by atoms with Crippen molar-refractivity contribution in [3.8, 4) is 5.75 Å². The molecule has 3 aromatic rings. The first-order valence-electron chi connectivity index (χ1n) is 11.4. The number of nitrogens with one attached hydrogen (secondary N) is 2. The van der Waals surface area contributed by atoms with Crippen molar-refractivity contribution in [2.45, 2.75) is 13.5 Å². The summed E-state index contributed by atoms with van der Waals surface area (Å²) in [5, 5.41) is 7.37. The smallest absolute Gasteiger partial charge is 0.267 e. The van der Waals surface area contributed by atoms with Crippen LogP contribution in [-0.4, -0.2) is 67.3 Å². The highest BCUT2D eigenvalue weighted by molar-refractivity contribution is 6.30. The number of hydrogen-bond acceptors (Lipinski definition) is 5. The summed E-state index contributed by atoms with van der Waals surface area (Å²) in [6.45, 7) is 7.20. The second-order valence-electron chi connectivity index (χ2n) is 8.05. The molecule has 2 aromatic carbocycles. The van der Waals surface area contributed by atoms with Gasteiger partial charge in [0, 0.05) is 54.3 Å². The van der Waals surface area contributed by atoms with Crippen LogP contribution < -0.4 is 15.4 Å². The molecule has 180 valence electrons. The Balaban J connectivity index is 1.37. The van der Waals surface area contributed by atoms with Gasteiger partial charge in [0.05, 0.1) is 13.2 Å². The molecular weight excluding hydrogens is 456 g/mol. The van der Waals surface area contributed by atoms with Gasteiger partial charge < -0.3 is 24.7 Å². The number of benzene rings is 2. The highest BCUT2D eigenvalue weighted by Crippen LogP contribution is 2.24. The first kappa shape index (κ1) is 24.1. The van der Waals surface area contributed by atoms with Gasteiger partial charge in [-0.05, 0) is 55.5 Å². The first-order chi connectivity index (χ1) is 16.5. The van der Waals surface area contributed by atoms with Crippen LogP contribution in [-0.2, 0) is 16.1 Å². The molecule has 0 spiro atoms. The molecule has 0 atom stereocenters. The fraction of sp³-hybridized carbons (Fsp3) is 0.360. The minimum absolute atomic E-state index is 0.103. The Morgan fingerprint density at radius 2 is 1.85 bits per heavy atom. The van der Waals surface area contributed by atoms with E-state index in [1.54, 1.807) is 24.3 Å². The quantitative estimate of drug-likeness (QED) is 0.486. The third-order valence-electron chi connectivity index (χ3n) is 5.73. The van der Waals surface area contributed by atoms with E-state index in [2.05, 4.69) is 15.5 Å². The van der Waals surface area contributed by atoms with Crippen LogP contribution in [0.4, 0.5) is 5.69 Å². The van der Waals surface area contributed by atoms with Crippen LogP contribution in [0.5, 0.6) is 5.75 Å². The Labute approximate surface area is 203 Å². The van der Waals surface area contributed by atoms with Crippen LogP contribution in [0, 0.1) is 0 Å². The zero-order valence-corrected chi connectivity index (χ0v) is 19.9. The van der Waals surface area contributed by atoms with Crippen molar-refractivity contribution in [1.82, 2.24) is 14.8 Å². The largest absolute Gasteiger partial charge is 0.484 e. The van der Waals surface area contributed by atoms with Gasteiger partial charge in [-0.2, -0.15) is 0 Å². The predicted molar refractivity (Wildman–Crippen MR) is 133 cm³/mol. The topological polar surface area (TPSA) is 84.8 Å². The average molecular weight is 485 g/mol. The molecule has 9 heteroatoms. The molecule has 4 rings (SSSR count). The van der Waals surface area contributed by atoms with E-state index in [1.807, 2.05) is 35.8 Å². The Kier molecular flexibility index (Phi) is 8.05. The number of nitrogens with zero attached hydrogens (tertiary/aromatic N) is 2. The summed E-state index contributed by atoms with van der Waals surface area (Å²) in [6, 6.07) is 14.3. The van der Waals surface area contributed by atoms with Gasteiger partial charge in [-0.15, -0.1) is 0 Å². The molecule has 8 nitrogen and oxygen atoms in total. The Hall–Kier alpha value is -3.07. The molecule has 2 amide bonds. The third-order valence-corrected chi connectivity index (χ3v) is 5.99. The summed E-state index contributed by atoms with van der Waals surface area (Å²) in [5.41, 5.74) is 2.19. The van der Waals surface area contributed by atoms with Crippen molar-refractivity contribution in [1.29, 1.82) is 0 Å². The number of hydrogen-bond donors (Lipinski definition) is 2. The molecule has 0 radical (unpaired) electrons. The molecule has 1 aromatic heterocycles. The lowest BCUT2D eigenvalue weighted by molar-refractivity contribution is -0.118. The van der Waals surface area contributed by atoms with Gasteiger partial charge in [-0.1, -0.05) is 11.6 Å². The van der Waals surface area contributed by atoms with Crippen LogP contribution in [0.25, 0.3) is 10.9 Å². The normalized spacial score (nSPS) is 14.2. The van der Waals surface area contributed by atoms with Crippen LogP contribution in [0.2, 0.25) is 5.02 Å². The maximum atomic E-state index is 12.9. The van der Waals surface area contributed by atoms with Crippen LogP contribution in [0.15, 0.2) is 48.5 Å². The van der Waals surface area contributed by atoms with Crippen molar-refractivity contribution in [3.05, 3.63) is 59.2 Å². The highest BCUT2D eigenvalue weighted by atomic mass is 35.5. The maximum absolute atomic E-state index is 12.9. The summed E-state index contributed by atoms with van der Waals surface area (Å²) in [5.74, 6) is 0.192. The number of rotatable bonds is 9. The van der Waals surface area contributed by atoms with E-state index in [0.29, 0.717) is 35.2 Å². The molecule has 0 bridgehead atoms. The zero-order chi connectivity index (χ0) is 23.9. The molecule has 2 N–H and O–H groups in total. The molecule has 1 fully saturated rings. The predicted octanol–water partition coefficient (Wildman–Crippen LogP) is 3.39. The molecule has 2 heterocycles. The van der Waals surface area contributed by atoms with E-state index in [0.717, 1.165) is 43.8 Å². The summed E-state index contributed by atoms with van der Waals surface area (Å²) in [6.07, 6.45) is 0. The lowest BCUT2D eigenvalue weighted by Gasteiger charge is -2.26. The molecule has 0 aliphatic carbocycles. The fourth-order valence-electron chi connectivity index (χ4n) is 4.00. The number of morpholine rings is 1. The number of fused-ring (bicyclic) bond motifs is 1. The van der Waals surface area contributed by atoms with Crippen molar-refractivity contribution in [3.63, 3.8) is 0 Å². The van der Waals surface area contributed by atoms with Crippen molar-refractivity contribution < 1.29 is 19.1 Å². The average Bonchev–Trinajstić information content (AvgIpc) is 3.22. The number of ether oxygens (including phenoxy) is 2. The van der Waals surface area contributed by atoms with E-state index >= 15 is 0 Å². The van der Waals surface area contributed by atoms with Gasteiger partial charge in [0.25, 0.3) is 11.8 Å². The Morgan fingerprint density at radius 1 is 1.09 bits per heavy atom. The third kappa shape index (κ3) is 6.08. The molecule has 1 aliphatic heterocycles. The van der Waals surface area contributed by atoms with Gasteiger partial charge in [-0.3, -0.25) is 14.5 Å². The van der Waals surface area contributed by atoms with Crippen molar-refractivity contribution in [2.24, 2.45) is 0 Å². The van der Waals surface area contributed by atoms with Crippen LogP contribution in [0.1, 0.15) is 17.4 Å². The van der Waals surface area contributed by atoms with Gasteiger partial charge >= 0.3 is 0 Å². The fourth-order valence-corrected chi connectivity index (χ4v) is 4.12. The standard InChI is InChI=1S/C25H29ClN4O4/c1-2-30-22-8-5-20(28-24(31)17-34-21-6-3-19(26)4-7-21)15-18(22)16-23(30)25(32)27-9-10-29-11-13-33-14-12-29/h3-8,15-16H,2,9-14,17H2,1H3,(H,27,32)(H,28,31). The van der Waals surface area contributed by atoms with E-state index in [1.165, 1.54) is 0 Å². The molecule has 1 aliphatic rings.